The fourth-order valence-corrected chi connectivity index (χ4v) is 2.85. The molecule has 1 heterocycles. The van der Waals surface area contributed by atoms with Crippen LogP contribution in [0.3, 0.4) is 0 Å². The summed E-state index contributed by atoms with van der Waals surface area (Å²) in [6.07, 6.45) is 0.959. The van der Waals surface area contributed by atoms with Gasteiger partial charge in [0.1, 0.15) is 5.82 Å². The van der Waals surface area contributed by atoms with Crippen LogP contribution in [0, 0.1) is 12.3 Å². The number of guanidine groups is 1. The van der Waals surface area contributed by atoms with Crippen molar-refractivity contribution in [2.45, 2.75) is 52.3 Å². The fourth-order valence-electron chi connectivity index (χ4n) is 2.85. The van der Waals surface area contributed by atoms with Gasteiger partial charge in [-0.05, 0) is 20.3 Å². The van der Waals surface area contributed by atoms with Gasteiger partial charge in [0.2, 0.25) is 0 Å². The maximum Gasteiger partial charge on any atom is 0.191 e. The van der Waals surface area contributed by atoms with Crippen molar-refractivity contribution < 1.29 is 4.74 Å². The summed E-state index contributed by atoms with van der Waals surface area (Å²) in [6, 6.07) is 0.324. The van der Waals surface area contributed by atoms with Crippen molar-refractivity contribution in [3.8, 4) is 0 Å². The Morgan fingerprint density at radius 1 is 1.41 bits per heavy atom. The number of ether oxygens (including phenoxy) is 1. The molecule has 0 aromatic carbocycles. The minimum Gasteiger partial charge on any atom is -0.378 e. The number of nitrogens with one attached hydrogen (secondary N) is 2. The van der Waals surface area contributed by atoms with Gasteiger partial charge in [0.25, 0.3) is 0 Å². The Morgan fingerprint density at radius 2 is 2.09 bits per heavy atom. The highest BCUT2D eigenvalue weighted by atomic mass is 16.5. The summed E-state index contributed by atoms with van der Waals surface area (Å²) in [5, 5.41) is 15.0. The van der Waals surface area contributed by atoms with Crippen LogP contribution in [0.1, 0.15) is 38.8 Å². The van der Waals surface area contributed by atoms with Crippen LogP contribution in [0.4, 0.5) is 0 Å². The predicted octanol–water partition coefficient (Wildman–Crippen LogP) is 0.992. The van der Waals surface area contributed by atoms with E-state index in [0.717, 1.165) is 24.0 Å². The largest absolute Gasteiger partial charge is 0.378 e. The Bertz CT molecular complexity index is 564. The summed E-state index contributed by atoms with van der Waals surface area (Å²) in [6.45, 7) is 9.12. The van der Waals surface area contributed by atoms with E-state index >= 15 is 0 Å². The summed E-state index contributed by atoms with van der Waals surface area (Å²) < 4.78 is 7.63. The van der Waals surface area contributed by atoms with E-state index in [4.69, 9.17) is 4.74 Å². The smallest absolute Gasteiger partial charge is 0.191 e. The molecule has 2 rings (SSSR count). The zero-order valence-corrected chi connectivity index (χ0v) is 14.7. The van der Waals surface area contributed by atoms with Crippen LogP contribution >= 0.6 is 0 Å². The van der Waals surface area contributed by atoms with Crippen LogP contribution in [-0.2, 0) is 18.3 Å². The molecule has 0 amide bonds. The van der Waals surface area contributed by atoms with Gasteiger partial charge in [0.05, 0.1) is 12.1 Å². The molecule has 1 aliphatic rings. The van der Waals surface area contributed by atoms with Crippen molar-refractivity contribution in [1.82, 2.24) is 25.4 Å². The summed E-state index contributed by atoms with van der Waals surface area (Å²) in [7, 11) is 5.52. The van der Waals surface area contributed by atoms with Gasteiger partial charge >= 0.3 is 0 Å². The van der Waals surface area contributed by atoms with E-state index in [1.165, 1.54) is 0 Å². The second-order valence-electron chi connectivity index (χ2n) is 6.71. The van der Waals surface area contributed by atoms with Crippen LogP contribution in [-0.4, -0.2) is 46.5 Å². The monoisotopic (exact) mass is 308 g/mol. The number of methoxy groups -OCH3 is 1. The average Bonchev–Trinajstić information content (AvgIpc) is 2.81. The molecule has 1 aromatic heterocycles. The van der Waals surface area contributed by atoms with Crippen molar-refractivity contribution in [3.05, 3.63) is 11.6 Å². The highest BCUT2D eigenvalue weighted by Gasteiger charge is 2.58. The first-order valence-corrected chi connectivity index (χ1v) is 7.62. The molecule has 0 saturated heterocycles. The normalized spacial score (nSPS) is 27.4. The van der Waals surface area contributed by atoms with Gasteiger partial charge in [-0.3, -0.25) is 4.99 Å². The maximum atomic E-state index is 5.66. The average molecular weight is 308 g/mol. The van der Waals surface area contributed by atoms with E-state index in [2.05, 4.69) is 46.6 Å². The third-order valence-electron chi connectivity index (χ3n) is 5.41. The lowest BCUT2D eigenvalue weighted by molar-refractivity contribution is -0.176. The fraction of sp³-hybridized carbons (Fsp3) is 0.800. The van der Waals surface area contributed by atoms with Crippen LogP contribution in [0.2, 0.25) is 0 Å². The lowest BCUT2D eigenvalue weighted by Crippen LogP contribution is -2.69. The van der Waals surface area contributed by atoms with Crippen LogP contribution in [0.5, 0.6) is 0 Å². The molecular weight excluding hydrogens is 280 g/mol. The Balaban J connectivity index is 1.93. The Hall–Kier alpha value is -1.63. The van der Waals surface area contributed by atoms with Crippen molar-refractivity contribution in [3.63, 3.8) is 0 Å². The maximum absolute atomic E-state index is 5.66. The topological polar surface area (TPSA) is 76.4 Å². The Morgan fingerprint density at radius 3 is 2.55 bits per heavy atom. The number of hydrogen-bond acceptors (Lipinski definition) is 4. The van der Waals surface area contributed by atoms with Crippen LogP contribution in [0.25, 0.3) is 0 Å². The molecule has 0 spiro atoms. The van der Waals surface area contributed by atoms with E-state index in [1.807, 2.05) is 18.5 Å². The summed E-state index contributed by atoms with van der Waals surface area (Å²) in [4.78, 5) is 4.30. The van der Waals surface area contributed by atoms with Gasteiger partial charge in [0, 0.05) is 32.7 Å². The minimum absolute atomic E-state index is 0.0424. The molecule has 0 radical (unpaired) electrons. The molecule has 1 aliphatic carbocycles. The van der Waals surface area contributed by atoms with Crippen molar-refractivity contribution in [1.29, 1.82) is 0 Å². The molecule has 2 atom stereocenters. The van der Waals surface area contributed by atoms with E-state index < -0.39 is 0 Å². The molecule has 1 fully saturated rings. The van der Waals surface area contributed by atoms with Crippen molar-refractivity contribution in [2.24, 2.45) is 17.5 Å². The van der Waals surface area contributed by atoms with Gasteiger partial charge in [0.15, 0.2) is 11.8 Å². The zero-order valence-electron chi connectivity index (χ0n) is 14.7. The number of nitrogens with zero attached hydrogens (tertiary/aromatic N) is 4. The number of aromatic nitrogens is 3. The van der Waals surface area contributed by atoms with Gasteiger partial charge in [-0.1, -0.05) is 13.8 Å². The molecule has 7 nitrogen and oxygen atoms in total. The first-order valence-electron chi connectivity index (χ1n) is 7.62. The van der Waals surface area contributed by atoms with Crippen molar-refractivity contribution in [2.75, 3.05) is 14.2 Å². The molecule has 0 bridgehead atoms. The molecular formula is C15H28N6O. The van der Waals surface area contributed by atoms with E-state index in [-0.39, 0.29) is 11.0 Å². The summed E-state index contributed by atoms with van der Waals surface area (Å²) in [5.74, 6) is 2.56. The second-order valence-corrected chi connectivity index (χ2v) is 6.71. The molecule has 2 unspecified atom stereocenters. The van der Waals surface area contributed by atoms with Crippen LogP contribution < -0.4 is 10.6 Å². The first kappa shape index (κ1) is 16.7. The lowest BCUT2D eigenvalue weighted by Gasteiger charge is -2.59. The molecule has 7 heteroatoms. The minimum atomic E-state index is -0.0930. The Labute approximate surface area is 132 Å². The van der Waals surface area contributed by atoms with Crippen LogP contribution in [0.15, 0.2) is 4.99 Å². The number of aliphatic imine (C=N–C) groups is 1. The zero-order chi connectivity index (χ0) is 16.5. The highest BCUT2D eigenvalue weighted by Crippen LogP contribution is 2.51. The number of aryl methyl sites for hydroxylation is 1. The Kier molecular flexibility index (Phi) is 4.47. The third kappa shape index (κ3) is 2.69. The molecule has 1 aromatic rings. The summed E-state index contributed by atoms with van der Waals surface area (Å²) in [5.41, 5.74) is -0.0506. The lowest BCUT2D eigenvalue weighted by atomic mass is 9.56. The predicted molar refractivity (Wildman–Crippen MR) is 86.7 cm³/mol. The quantitative estimate of drug-likeness (QED) is 0.641. The highest BCUT2D eigenvalue weighted by molar-refractivity contribution is 5.80. The SMILES string of the molecule is CN=C(NCc1nnc(C)n1C)NC1CC(C)(OC)C1(C)C. The van der Waals surface area contributed by atoms with Crippen molar-refractivity contribution >= 4 is 5.96 Å². The van der Waals surface area contributed by atoms with Gasteiger partial charge in [-0.25, -0.2) is 0 Å². The molecule has 1 saturated carbocycles. The molecule has 124 valence electrons. The van der Waals surface area contributed by atoms with E-state index in [9.17, 15) is 0 Å². The standard InChI is InChI=1S/C15H28N6O/c1-10-19-20-12(21(10)6)9-17-13(16-5)18-11-8-15(4,22-7)14(11,2)3/h11H,8-9H2,1-7H3,(H2,16,17,18). The number of hydrogen-bond donors (Lipinski definition) is 2. The van der Waals surface area contributed by atoms with E-state index in [0.29, 0.717) is 12.6 Å². The molecule has 22 heavy (non-hydrogen) atoms. The second kappa shape index (κ2) is 5.87. The number of rotatable bonds is 4. The van der Waals surface area contributed by atoms with Gasteiger partial charge in [-0.15, -0.1) is 10.2 Å². The van der Waals surface area contributed by atoms with Gasteiger partial charge in [-0.2, -0.15) is 0 Å². The van der Waals surface area contributed by atoms with E-state index in [1.54, 1.807) is 14.2 Å². The molecule has 0 aliphatic heterocycles. The third-order valence-corrected chi connectivity index (χ3v) is 5.41. The molecule has 2 N–H and O–H groups in total. The first-order chi connectivity index (χ1) is 10.2. The van der Waals surface area contributed by atoms with Gasteiger partial charge < -0.3 is 19.9 Å². The summed E-state index contributed by atoms with van der Waals surface area (Å²) >= 11 is 0.